The Hall–Kier alpha value is -3.77. The summed E-state index contributed by atoms with van der Waals surface area (Å²) >= 11 is 0. The van der Waals surface area contributed by atoms with Crippen molar-refractivity contribution in [3.8, 4) is 0 Å². The van der Waals surface area contributed by atoms with E-state index in [9.17, 15) is 21.6 Å². The van der Waals surface area contributed by atoms with Gasteiger partial charge in [0.2, 0.25) is 20.0 Å². The number of hydrogen-bond acceptors (Lipinski definition) is 6. The second kappa shape index (κ2) is 9.47. The van der Waals surface area contributed by atoms with Crippen LogP contribution in [-0.4, -0.2) is 28.8 Å². The van der Waals surface area contributed by atoms with Gasteiger partial charge >= 0.3 is 0 Å². The molecule has 0 radical (unpaired) electrons. The largest absolute Gasteiger partial charge is 0.351 e. The van der Waals surface area contributed by atoms with E-state index in [2.05, 4.69) is 5.32 Å². The fraction of sp³-hybridized carbons (Fsp3) is 0.0417. The lowest BCUT2D eigenvalue weighted by Gasteiger charge is -2.23. The van der Waals surface area contributed by atoms with Crippen molar-refractivity contribution in [2.45, 2.75) is 15.8 Å². The highest BCUT2D eigenvalue weighted by Crippen LogP contribution is 2.29. The van der Waals surface area contributed by atoms with E-state index < -0.39 is 26.1 Å². The van der Waals surface area contributed by atoms with Crippen molar-refractivity contribution >= 4 is 43.4 Å². The number of rotatable bonds is 7. The van der Waals surface area contributed by atoms with Crippen LogP contribution < -0.4 is 20.5 Å². The van der Waals surface area contributed by atoms with Gasteiger partial charge in [-0.15, -0.1) is 0 Å². The molecule has 3 aromatic rings. The highest BCUT2D eigenvalue weighted by atomic mass is 32.2. The third kappa shape index (κ3) is 5.66. The molecule has 1 heterocycles. The Labute approximate surface area is 203 Å². The van der Waals surface area contributed by atoms with Gasteiger partial charge in [-0.1, -0.05) is 42.5 Å². The van der Waals surface area contributed by atoms with E-state index in [-0.39, 0.29) is 21.4 Å². The van der Waals surface area contributed by atoms with Crippen LogP contribution in [0.2, 0.25) is 0 Å². The molecule has 0 spiro atoms. The molecule has 0 aliphatic carbocycles. The van der Waals surface area contributed by atoms with Crippen LogP contribution in [0.5, 0.6) is 0 Å². The molecule has 3 aromatic carbocycles. The number of hydrogen-bond donors (Lipinski definition) is 3. The van der Waals surface area contributed by atoms with Crippen LogP contribution in [0.4, 0.5) is 11.4 Å². The Balaban J connectivity index is 1.66. The Bertz CT molecular complexity index is 1510. The normalized spacial score (nSPS) is 16.5. The zero-order valence-electron chi connectivity index (χ0n) is 18.3. The van der Waals surface area contributed by atoms with Crippen molar-refractivity contribution in [2.75, 3.05) is 10.2 Å². The molecule has 1 aliphatic rings. The zero-order chi connectivity index (χ0) is 25.2. The molecule has 35 heavy (non-hydrogen) atoms. The van der Waals surface area contributed by atoms with Gasteiger partial charge < -0.3 is 5.32 Å². The van der Waals surface area contributed by atoms with Gasteiger partial charge in [0, 0.05) is 11.4 Å². The number of nitrogens with one attached hydrogen (secondary N) is 1. The number of nitrogens with zero attached hydrogens (tertiary/aromatic N) is 1. The van der Waals surface area contributed by atoms with Crippen molar-refractivity contribution < 1.29 is 21.6 Å². The molecule has 0 saturated carbocycles. The number of nitrogens with two attached hydrogens (primary N) is 2. The summed E-state index contributed by atoms with van der Waals surface area (Å²) in [6.07, 6.45) is 5.45. The maximum absolute atomic E-state index is 13.3. The third-order valence-corrected chi connectivity index (χ3v) is 7.13. The van der Waals surface area contributed by atoms with Crippen LogP contribution >= 0.6 is 0 Å². The van der Waals surface area contributed by atoms with E-state index in [4.69, 9.17) is 10.3 Å². The molecule has 11 heteroatoms. The molecule has 9 nitrogen and oxygen atoms in total. The summed E-state index contributed by atoms with van der Waals surface area (Å²) in [6, 6.07) is 20.5. The SMILES string of the molecule is NS(=O)(=O)c1ccc(NC2=CC(/C=C/c3ccccc3)N(c3ccc(S(N)(=O)=O)cc3)C2=O)cc1. The summed E-state index contributed by atoms with van der Waals surface area (Å²) in [5.74, 6) is -0.355. The number of carbonyl (C=O) groups excluding carboxylic acids is 1. The fourth-order valence-corrected chi connectivity index (χ4v) is 4.59. The molecule has 1 unspecified atom stereocenters. The first-order chi connectivity index (χ1) is 16.5. The van der Waals surface area contributed by atoms with E-state index in [1.165, 1.54) is 53.4 Å². The van der Waals surface area contributed by atoms with Gasteiger partial charge in [0.15, 0.2) is 0 Å². The first kappa shape index (κ1) is 24.4. The van der Waals surface area contributed by atoms with Crippen molar-refractivity contribution in [1.82, 2.24) is 0 Å². The Morgan fingerprint density at radius 3 is 1.86 bits per heavy atom. The number of amides is 1. The van der Waals surface area contributed by atoms with Crippen molar-refractivity contribution in [1.29, 1.82) is 0 Å². The maximum atomic E-state index is 13.3. The van der Waals surface area contributed by atoms with Crippen LogP contribution in [0, 0.1) is 0 Å². The Morgan fingerprint density at radius 1 is 0.771 bits per heavy atom. The molecule has 5 N–H and O–H groups in total. The van der Waals surface area contributed by atoms with E-state index in [0.29, 0.717) is 11.4 Å². The highest BCUT2D eigenvalue weighted by Gasteiger charge is 2.32. The monoisotopic (exact) mass is 510 g/mol. The topological polar surface area (TPSA) is 153 Å². The van der Waals surface area contributed by atoms with Crippen molar-refractivity contribution in [2.24, 2.45) is 10.3 Å². The van der Waals surface area contributed by atoms with Crippen LogP contribution in [0.3, 0.4) is 0 Å². The molecule has 0 aromatic heterocycles. The lowest BCUT2D eigenvalue weighted by molar-refractivity contribution is -0.114. The molecule has 0 bridgehead atoms. The highest BCUT2D eigenvalue weighted by molar-refractivity contribution is 7.89. The zero-order valence-corrected chi connectivity index (χ0v) is 19.9. The minimum Gasteiger partial charge on any atom is -0.351 e. The predicted molar refractivity (Wildman–Crippen MR) is 134 cm³/mol. The summed E-state index contributed by atoms with van der Waals surface area (Å²) in [4.78, 5) is 14.7. The van der Waals surface area contributed by atoms with E-state index in [1.807, 2.05) is 42.5 Å². The third-order valence-electron chi connectivity index (χ3n) is 5.28. The van der Waals surface area contributed by atoms with Gasteiger partial charge in [-0.3, -0.25) is 9.69 Å². The Morgan fingerprint density at radius 2 is 1.31 bits per heavy atom. The maximum Gasteiger partial charge on any atom is 0.275 e. The van der Waals surface area contributed by atoms with Crippen LogP contribution in [-0.2, 0) is 24.8 Å². The van der Waals surface area contributed by atoms with E-state index >= 15 is 0 Å². The smallest absolute Gasteiger partial charge is 0.275 e. The summed E-state index contributed by atoms with van der Waals surface area (Å²) < 4.78 is 46.2. The molecule has 1 atom stereocenters. The minimum absolute atomic E-state index is 0.0463. The first-order valence-electron chi connectivity index (χ1n) is 10.3. The molecule has 0 saturated heterocycles. The minimum atomic E-state index is -3.88. The molecule has 0 fully saturated rings. The summed E-state index contributed by atoms with van der Waals surface area (Å²) in [7, 11) is -7.71. The van der Waals surface area contributed by atoms with E-state index in [1.54, 1.807) is 6.08 Å². The standard InChI is InChI=1S/C24H22N4O5S2/c25-34(30,31)21-12-7-18(8-13-21)27-23-16-20(9-6-17-4-2-1-3-5-17)28(24(23)29)19-10-14-22(15-11-19)35(26,32)33/h1-16,20,27H,(H2,25,30,31)(H2,26,32,33)/b9-6+. The summed E-state index contributed by atoms with van der Waals surface area (Å²) in [5.41, 5.74) is 2.18. The Kier molecular flexibility index (Phi) is 6.59. The van der Waals surface area contributed by atoms with Crippen molar-refractivity contribution in [3.63, 3.8) is 0 Å². The molecule has 1 aliphatic heterocycles. The van der Waals surface area contributed by atoms with Gasteiger partial charge in [-0.2, -0.15) is 0 Å². The molecular weight excluding hydrogens is 488 g/mol. The average Bonchev–Trinajstić information content (AvgIpc) is 3.12. The number of benzene rings is 3. The number of anilines is 2. The van der Waals surface area contributed by atoms with Crippen molar-refractivity contribution in [3.05, 3.63) is 102 Å². The fourth-order valence-electron chi connectivity index (χ4n) is 3.56. The van der Waals surface area contributed by atoms with Gasteiger partial charge in [-0.05, 0) is 60.2 Å². The lowest BCUT2D eigenvalue weighted by Crippen LogP contribution is -2.34. The number of sulfonamides is 2. The van der Waals surface area contributed by atoms with Gasteiger partial charge in [0.25, 0.3) is 5.91 Å². The predicted octanol–water partition coefficient (Wildman–Crippen LogP) is 2.41. The average molecular weight is 511 g/mol. The quantitative estimate of drug-likeness (QED) is 0.444. The van der Waals surface area contributed by atoms with Crippen LogP contribution in [0.25, 0.3) is 6.08 Å². The number of primary sulfonamides is 2. The summed E-state index contributed by atoms with van der Waals surface area (Å²) in [5, 5.41) is 13.3. The second-order valence-corrected chi connectivity index (χ2v) is 10.9. The first-order valence-corrected chi connectivity index (χ1v) is 13.4. The number of carbonyl (C=O) groups is 1. The molecular formula is C24H22N4O5S2. The van der Waals surface area contributed by atoms with Crippen LogP contribution in [0.1, 0.15) is 5.56 Å². The summed E-state index contributed by atoms with van der Waals surface area (Å²) in [6.45, 7) is 0. The van der Waals surface area contributed by atoms with Gasteiger partial charge in [0.1, 0.15) is 5.70 Å². The molecule has 4 rings (SSSR count). The molecule has 1 amide bonds. The van der Waals surface area contributed by atoms with E-state index in [0.717, 1.165) is 5.56 Å². The van der Waals surface area contributed by atoms with Gasteiger partial charge in [-0.25, -0.2) is 27.1 Å². The second-order valence-electron chi connectivity index (χ2n) is 7.75. The van der Waals surface area contributed by atoms with Gasteiger partial charge in [0.05, 0.1) is 15.8 Å². The van der Waals surface area contributed by atoms with Crippen LogP contribution in [0.15, 0.2) is 107 Å². The lowest BCUT2D eigenvalue weighted by atomic mass is 10.1. The molecule has 180 valence electrons.